The van der Waals surface area contributed by atoms with Crippen LogP contribution in [0.15, 0.2) is 11.6 Å². The SMILES string of the molecule is CC(=CCCCCCCCCCCCCCBr)C(=O)O. The minimum atomic E-state index is -0.791. The van der Waals surface area contributed by atoms with Crippen molar-refractivity contribution in [1.82, 2.24) is 0 Å². The lowest BCUT2D eigenvalue weighted by molar-refractivity contribution is -0.132. The summed E-state index contributed by atoms with van der Waals surface area (Å²) in [6, 6.07) is 0. The van der Waals surface area contributed by atoms with Crippen molar-refractivity contribution in [3.63, 3.8) is 0 Å². The molecule has 0 aromatic carbocycles. The van der Waals surface area contributed by atoms with E-state index in [0.717, 1.165) is 18.2 Å². The monoisotopic (exact) mass is 346 g/mol. The molecule has 0 unspecified atom stereocenters. The van der Waals surface area contributed by atoms with Gasteiger partial charge in [0.25, 0.3) is 0 Å². The first-order chi connectivity index (χ1) is 9.68. The van der Waals surface area contributed by atoms with Crippen LogP contribution in [0.2, 0.25) is 0 Å². The van der Waals surface area contributed by atoms with E-state index in [9.17, 15) is 4.79 Å². The molecule has 0 heterocycles. The van der Waals surface area contributed by atoms with Crippen LogP contribution in [0, 0.1) is 0 Å². The van der Waals surface area contributed by atoms with Crippen LogP contribution in [0.4, 0.5) is 0 Å². The lowest BCUT2D eigenvalue weighted by Gasteiger charge is -2.02. The fourth-order valence-electron chi connectivity index (χ4n) is 2.24. The van der Waals surface area contributed by atoms with Crippen LogP contribution in [0.1, 0.15) is 84.0 Å². The maximum atomic E-state index is 10.6. The number of aliphatic carboxylic acids is 1. The van der Waals surface area contributed by atoms with E-state index in [0.29, 0.717) is 5.57 Å². The van der Waals surface area contributed by atoms with Gasteiger partial charge in [0, 0.05) is 10.9 Å². The minimum Gasteiger partial charge on any atom is -0.478 e. The third-order valence-corrected chi connectivity index (χ3v) is 4.19. The van der Waals surface area contributed by atoms with Crippen LogP contribution >= 0.6 is 15.9 Å². The van der Waals surface area contributed by atoms with Crippen molar-refractivity contribution in [2.45, 2.75) is 84.0 Å². The fraction of sp³-hybridized carbons (Fsp3) is 0.824. The third kappa shape index (κ3) is 14.1. The van der Waals surface area contributed by atoms with E-state index in [2.05, 4.69) is 15.9 Å². The van der Waals surface area contributed by atoms with Crippen molar-refractivity contribution >= 4 is 21.9 Å². The van der Waals surface area contributed by atoms with Crippen molar-refractivity contribution in [2.24, 2.45) is 0 Å². The molecule has 0 rings (SSSR count). The summed E-state index contributed by atoms with van der Waals surface area (Å²) in [5.41, 5.74) is 0.477. The molecule has 0 aliphatic rings. The van der Waals surface area contributed by atoms with Gasteiger partial charge < -0.3 is 5.11 Å². The largest absolute Gasteiger partial charge is 0.478 e. The van der Waals surface area contributed by atoms with E-state index in [-0.39, 0.29) is 0 Å². The van der Waals surface area contributed by atoms with Gasteiger partial charge in [-0.05, 0) is 26.2 Å². The van der Waals surface area contributed by atoms with Crippen LogP contribution in [0.25, 0.3) is 0 Å². The Balaban J connectivity index is 3.14. The number of unbranched alkanes of at least 4 members (excludes halogenated alkanes) is 11. The van der Waals surface area contributed by atoms with Gasteiger partial charge in [-0.1, -0.05) is 79.8 Å². The van der Waals surface area contributed by atoms with Gasteiger partial charge in [0.2, 0.25) is 0 Å². The summed E-state index contributed by atoms with van der Waals surface area (Å²) in [4.78, 5) is 10.6. The van der Waals surface area contributed by atoms with E-state index in [4.69, 9.17) is 5.11 Å². The Morgan fingerprint density at radius 3 is 1.65 bits per heavy atom. The van der Waals surface area contributed by atoms with Gasteiger partial charge in [0.1, 0.15) is 0 Å². The maximum Gasteiger partial charge on any atom is 0.330 e. The van der Waals surface area contributed by atoms with Crippen LogP contribution in [-0.4, -0.2) is 16.4 Å². The average Bonchev–Trinajstić information content (AvgIpc) is 2.43. The van der Waals surface area contributed by atoms with Gasteiger partial charge in [-0.2, -0.15) is 0 Å². The molecule has 0 fully saturated rings. The Labute approximate surface area is 133 Å². The van der Waals surface area contributed by atoms with Crippen molar-refractivity contribution in [2.75, 3.05) is 5.33 Å². The highest BCUT2D eigenvalue weighted by atomic mass is 79.9. The van der Waals surface area contributed by atoms with Crippen molar-refractivity contribution < 1.29 is 9.90 Å². The molecule has 0 radical (unpaired) electrons. The Morgan fingerprint density at radius 1 is 0.850 bits per heavy atom. The highest BCUT2D eigenvalue weighted by Gasteiger charge is 1.98. The number of allylic oxidation sites excluding steroid dienone is 1. The second-order valence-corrected chi connectivity index (χ2v) is 6.35. The Kier molecular flexibility index (Phi) is 14.9. The molecule has 0 amide bonds. The predicted octanol–water partition coefficient (Wildman–Crippen LogP) is 6.09. The number of halogens is 1. The Hall–Kier alpha value is -0.310. The lowest BCUT2D eigenvalue weighted by Crippen LogP contribution is -1.95. The molecule has 0 aromatic rings. The van der Waals surface area contributed by atoms with Crippen LogP contribution in [-0.2, 0) is 4.79 Å². The zero-order chi connectivity index (χ0) is 15.1. The first kappa shape index (κ1) is 19.7. The van der Waals surface area contributed by atoms with Crippen LogP contribution in [0.5, 0.6) is 0 Å². The number of hydrogen-bond donors (Lipinski definition) is 1. The number of carboxylic acid groups (broad SMARTS) is 1. The van der Waals surface area contributed by atoms with E-state index in [1.165, 1.54) is 64.2 Å². The molecule has 1 N–H and O–H groups in total. The molecule has 0 spiro atoms. The van der Waals surface area contributed by atoms with Crippen LogP contribution < -0.4 is 0 Å². The van der Waals surface area contributed by atoms with Gasteiger partial charge in [-0.25, -0.2) is 4.79 Å². The third-order valence-electron chi connectivity index (χ3n) is 3.63. The summed E-state index contributed by atoms with van der Waals surface area (Å²) in [7, 11) is 0. The van der Waals surface area contributed by atoms with Crippen LogP contribution in [0.3, 0.4) is 0 Å². The highest BCUT2D eigenvalue weighted by Crippen LogP contribution is 2.12. The standard InChI is InChI=1S/C17H31BrO2/c1-16(17(19)20)14-12-10-8-6-4-2-3-5-7-9-11-13-15-18/h14H,2-13,15H2,1H3,(H,19,20). The molecule has 0 atom stereocenters. The molecule has 0 saturated carbocycles. The summed E-state index contributed by atoms with van der Waals surface area (Å²) in [6.45, 7) is 1.67. The van der Waals surface area contributed by atoms with E-state index in [1.54, 1.807) is 6.92 Å². The van der Waals surface area contributed by atoms with E-state index >= 15 is 0 Å². The summed E-state index contributed by atoms with van der Waals surface area (Å²) in [5, 5.41) is 9.85. The molecular formula is C17H31BrO2. The molecule has 3 heteroatoms. The molecule has 20 heavy (non-hydrogen) atoms. The highest BCUT2D eigenvalue weighted by molar-refractivity contribution is 9.09. The first-order valence-electron chi connectivity index (χ1n) is 8.14. The molecule has 0 saturated heterocycles. The van der Waals surface area contributed by atoms with E-state index in [1.807, 2.05) is 6.08 Å². The lowest BCUT2D eigenvalue weighted by atomic mass is 10.0. The summed E-state index contributed by atoms with van der Waals surface area (Å²) < 4.78 is 0. The van der Waals surface area contributed by atoms with E-state index < -0.39 is 5.97 Å². The number of rotatable bonds is 14. The first-order valence-corrected chi connectivity index (χ1v) is 9.26. The Morgan fingerprint density at radius 2 is 1.25 bits per heavy atom. The smallest absolute Gasteiger partial charge is 0.330 e. The Bertz CT molecular complexity index is 262. The average molecular weight is 347 g/mol. The van der Waals surface area contributed by atoms with Gasteiger partial charge >= 0.3 is 5.97 Å². The van der Waals surface area contributed by atoms with Crippen molar-refractivity contribution in [3.05, 3.63) is 11.6 Å². The van der Waals surface area contributed by atoms with Crippen molar-refractivity contribution in [3.8, 4) is 0 Å². The fourth-order valence-corrected chi connectivity index (χ4v) is 2.63. The zero-order valence-corrected chi connectivity index (χ0v) is 14.6. The zero-order valence-electron chi connectivity index (χ0n) is 13.0. The maximum absolute atomic E-state index is 10.6. The summed E-state index contributed by atoms with van der Waals surface area (Å²) in [6.07, 6.45) is 17.3. The molecule has 0 aliphatic heterocycles. The predicted molar refractivity (Wildman–Crippen MR) is 90.6 cm³/mol. The minimum absolute atomic E-state index is 0.477. The normalized spacial score (nSPS) is 11.8. The second-order valence-electron chi connectivity index (χ2n) is 5.56. The molecular weight excluding hydrogens is 316 g/mol. The summed E-state index contributed by atoms with van der Waals surface area (Å²) >= 11 is 3.46. The molecule has 0 aliphatic carbocycles. The second kappa shape index (κ2) is 15.1. The van der Waals surface area contributed by atoms with Crippen molar-refractivity contribution in [1.29, 1.82) is 0 Å². The molecule has 2 nitrogen and oxygen atoms in total. The van der Waals surface area contributed by atoms with Gasteiger partial charge in [0.05, 0.1) is 0 Å². The number of carboxylic acids is 1. The van der Waals surface area contributed by atoms with Gasteiger partial charge in [-0.15, -0.1) is 0 Å². The quantitative estimate of drug-likeness (QED) is 0.234. The summed E-state index contributed by atoms with van der Waals surface area (Å²) in [5.74, 6) is -0.791. The molecule has 0 aromatic heterocycles. The number of hydrogen-bond acceptors (Lipinski definition) is 1. The van der Waals surface area contributed by atoms with Gasteiger partial charge in [-0.3, -0.25) is 0 Å². The molecule has 0 bridgehead atoms. The molecule has 118 valence electrons. The number of alkyl halides is 1. The topological polar surface area (TPSA) is 37.3 Å². The number of carbonyl (C=O) groups is 1. The van der Waals surface area contributed by atoms with Gasteiger partial charge in [0.15, 0.2) is 0 Å².